The summed E-state index contributed by atoms with van der Waals surface area (Å²) in [5.74, 6) is 0.916. The zero-order valence-corrected chi connectivity index (χ0v) is 15.9. The summed E-state index contributed by atoms with van der Waals surface area (Å²) in [6.07, 6.45) is 0. The van der Waals surface area contributed by atoms with Crippen LogP contribution in [0.5, 0.6) is 5.75 Å². The van der Waals surface area contributed by atoms with Crippen LogP contribution in [-0.2, 0) is 0 Å². The van der Waals surface area contributed by atoms with Crippen LogP contribution in [0.2, 0.25) is 0 Å². The number of nitrogens with one attached hydrogen (secondary N) is 2. The molecule has 2 amide bonds. The Morgan fingerprint density at radius 1 is 1.00 bits per heavy atom. The van der Waals surface area contributed by atoms with Gasteiger partial charge in [-0.3, -0.25) is 4.90 Å². The maximum absolute atomic E-state index is 11.9. The van der Waals surface area contributed by atoms with Crippen molar-refractivity contribution < 1.29 is 9.53 Å². The lowest BCUT2D eigenvalue weighted by Gasteiger charge is -2.36. The van der Waals surface area contributed by atoms with E-state index < -0.39 is 0 Å². The van der Waals surface area contributed by atoms with E-state index in [1.54, 1.807) is 0 Å². The lowest BCUT2D eigenvalue weighted by molar-refractivity contribution is 0.240. The Morgan fingerprint density at radius 2 is 1.70 bits per heavy atom. The third-order valence-corrected chi connectivity index (χ3v) is 4.63. The van der Waals surface area contributed by atoms with Gasteiger partial charge in [0.2, 0.25) is 0 Å². The molecule has 0 aromatic heterocycles. The number of hydrogen-bond acceptors (Lipinski definition) is 4. The molecular weight excluding hydrogens is 340 g/mol. The SMILES string of the molecule is CCOc1ccc(N2CCN(CCNC(=O)Nc3ccccc3)CC2)cc1. The number of benzene rings is 2. The number of carbonyl (C=O) groups excluding carboxylic acids is 1. The number of urea groups is 1. The van der Waals surface area contributed by atoms with Crippen LogP contribution in [0.4, 0.5) is 16.2 Å². The highest BCUT2D eigenvalue weighted by molar-refractivity contribution is 5.89. The van der Waals surface area contributed by atoms with E-state index in [0.29, 0.717) is 13.2 Å². The summed E-state index contributed by atoms with van der Waals surface area (Å²) in [6.45, 7) is 8.16. The Bertz CT molecular complexity index is 698. The van der Waals surface area contributed by atoms with Gasteiger partial charge >= 0.3 is 6.03 Å². The molecule has 1 fully saturated rings. The molecule has 0 saturated carbocycles. The molecule has 2 N–H and O–H groups in total. The predicted molar refractivity (Wildman–Crippen MR) is 110 cm³/mol. The van der Waals surface area contributed by atoms with Gasteiger partial charge < -0.3 is 20.3 Å². The van der Waals surface area contributed by atoms with E-state index in [0.717, 1.165) is 44.2 Å². The van der Waals surface area contributed by atoms with Crippen molar-refractivity contribution in [1.82, 2.24) is 10.2 Å². The Morgan fingerprint density at radius 3 is 2.37 bits per heavy atom. The summed E-state index contributed by atoms with van der Waals surface area (Å²) >= 11 is 0. The van der Waals surface area contributed by atoms with Crippen LogP contribution in [-0.4, -0.2) is 56.8 Å². The van der Waals surface area contributed by atoms with Crippen LogP contribution >= 0.6 is 0 Å². The van der Waals surface area contributed by atoms with Gasteiger partial charge in [0, 0.05) is 50.6 Å². The van der Waals surface area contributed by atoms with Crippen molar-refractivity contribution in [2.24, 2.45) is 0 Å². The quantitative estimate of drug-likeness (QED) is 0.789. The number of carbonyl (C=O) groups is 1. The van der Waals surface area contributed by atoms with Gasteiger partial charge in [-0.1, -0.05) is 18.2 Å². The first kappa shape index (κ1) is 19.0. The standard InChI is InChI=1S/C21H28N4O2/c1-2-27-20-10-8-19(9-11-20)25-16-14-24(15-17-25)13-12-22-21(26)23-18-6-4-3-5-7-18/h3-11H,2,12-17H2,1H3,(H2,22,23,26). The minimum Gasteiger partial charge on any atom is -0.494 e. The molecule has 0 bridgehead atoms. The first-order chi connectivity index (χ1) is 13.2. The largest absolute Gasteiger partial charge is 0.494 e. The van der Waals surface area contributed by atoms with Gasteiger partial charge in [0.1, 0.15) is 5.75 Å². The van der Waals surface area contributed by atoms with Crippen molar-refractivity contribution in [2.45, 2.75) is 6.92 Å². The Balaban J connectivity index is 1.35. The average Bonchev–Trinajstić information content (AvgIpc) is 2.70. The van der Waals surface area contributed by atoms with Crippen molar-refractivity contribution in [2.75, 3.05) is 56.1 Å². The van der Waals surface area contributed by atoms with Crippen molar-refractivity contribution >= 4 is 17.4 Å². The molecule has 2 aromatic carbocycles. The highest BCUT2D eigenvalue weighted by atomic mass is 16.5. The fourth-order valence-corrected chi connectivity index (χ4v) is 3.17. The molecule has 0 unspecified atom stereocenters. The molecular formula is C21H28N4O2. The van der Waals surface area contributed by atoms with E-state index in [-0.39, 0.29) is 6.03 Å². The second-order valence-electron chi connectivity index (χ2n) is 6.50. The number of rotatable bonds is 7. The number of nitrogens with zero attached hydrogens (tertiary/aromatic N) is 2. The number of hydrogen-bond donors (Lipinski definition) is 2. The molecule has 0 spiro atoms. The maximum Gasteiger partial charge on any atom is 0.319 e. The van der Waals surface area contributed by atoms with Crippen LogP contribution in [0, 0.1) is 0 Å². The Hall–Kier alpha value is -2.73. The molecule has 27 heavy (non-hydrogen) atoms. The smallest absolute Gasteiger partial charge is 0.319 e. The molecule has 1 aliphatic rings. The molecule has 1 heterocycles. The maximum atomic E-state index is 11.9. The Labute approximate surface area is 161 Å². The molecule has 6 nitrogen and oxygen atoms in total. The summed E-state index contributed by atoms with van der Waals surface area (Å²) in [5, 5.41) is 5.75. The van der Waals surface area contributed by atoms with Crippen LogP contribution in [0.25, 0.3) is 0 Å². The van der Waals surface area contributed by atoms with Gasteiger partial charge in [0.15, 0.2) is 0 Å². The highest BCUT2D eigenvalue weighted by Gasteiger charge is 2.17. The predicted octanol–water partition coefficient (Wildman–Crippen LogP) is 3.03. The van der Waals surface area contributed by atoms with Gasteiger partial charge in [-0.25, -0.2) is 4.79 Å². The molecule has 0 radical (unpaired) electrons. The van der Waals surface area contributed by atoms with E-state index in [9.17, 15) is 4.79 Å². The molecule has 3 rings (SSSR count). The van der Waals surface area contributed by atoms with Gasteiger partial charge in [0.05, 0.1) is 6.61 Å². The minimum absolute atomic E-state index is 0.158. The summed E-state index contributed by atoms with van der Waals surface area (Å²) in [4.78, 5) is 16.7. The fourth-order valence-electron chi connectivity index (χ4n) is 3.17. The number of amides is 2. The van der Waals surface area contributed by atoms with Crippen LogP contribution in [0.1, 0.15) is 6.92 Å². The van der Waals surface area contributed by atoms with Crippen molar-refractivity contribution in [3.63, 3.8) is 0 Å². The number of piperazine rings is 1. The molecule has 1 saturated heterocycles. The summed E-state index contributed by atoms with van der Waals surface area (Å²) < 4.78 is 5.50. The summed E-state index contributed by atoms with van der Waals surface area (Å²) in [7, 11) is 0. The van der Waals surface area contributed by atoms with Crippen LogP contribution in [0.3, 0.4) is 0 Å². The van der Waals surface area contributed by atoms with E-state index in [4.69, 9.17) is 4.74 Å². The van der Waals surface area contributed by atoms with E-state index >= 15 is 0 Å². The number of ether oxygens (including phenoxy) is 1. The van der Waals surface area contributed by atoms with Crippen molar-refractivity contribution in [1.29, 1.82) is 0 Å². The highest BCUT2D eigenvalue weighted by Crippen LogP contribution is 2.20. The molecule has 0 aliphatic carbocycles. The zero-order chi connectivity index (χ0) is 18.9. The molecule has 144 valence electrons. The van der Waals surface area contributed by atoms with Crippen molar-refractivity contribution in [3.8, 4) is 5.75 Å². The molecule has 0 atom stereocenters. The van der Waals surface area contributed by atoms with E-state index in [1.165, 1.54) is 5.69 Å². The van der Waals surface area contributed by atoms with Crippen molar-refractivity contribution in [3.05, 3.63) is 54.6 Å². The molecule has 6 heteroatoms. The minimum atomic E-state index is -0.158. The first-order valence-corrected chi connectivity index (χ1v) is 9.54. The third kappa shape index (κ3) is 5.89. The van der Waals surface area contributed by atoms with Gasteiger partial charge in [-0.05, 0) is 43.3 Å². The van der Waals surface area contributed by atoms with Gasteiger partial charge in [0.25, 0.3) is 0 Å². The fraction of sp³-hybridized carbons (Fsp3) is 0.381. The topological polar surface area (TPSA) is 56.8 Å². The summed E-state index contributed by atoms with van der Waals surface area (Å²) in [6, 6.07) is 17.6. The second kappa shape index (κ2) is 9.83. The summed E-state index contributed by atoms with van der Waals surface area (Å²) in [5.41, 5.74) is 2.04. The third-order valence-electron chi connectivity index (χ3n) is 4.63. The average molecular weight is 368 g/mol. The second-order valence-corrected chi connectivity index (χ2v) is 6.50. The number of anilines is 2. The van der Waals surface area contributed by atoms with Gasteiger partial charge in [-0.2, -0.15) is 0 Å². The molecule has 2 aromatic rings. The van der Waals surface area contributed by atoms with E-state index in [2.05, 4.69) is 32.6 Å². The lowest BCUT2D eigenvalue weighted by atomic mass is 10.2. The van der Waals surface area contributed by atoms with Gasteiger partial charge in [-0.15, -0.1) is 0 Å². The zero-order valence-electron chi connectivity index (χ0n) is 15.9. The van der Waals surface area contributed by atoms with E-state index in [1.807, 2.05) is 49.4 Å². The monoisotopic (exact) mass is 368 g/mol. The van der Waals surface area contributed by atoms with Crippen LogP contribution < -0.4 is 20.3 Å². The Kier molecular flexibility index (Phi) is 6.93. The number of para-hydroxylation sites is 1. The normalized spacial score (nSPS) is 14.6. The van der Waals surface area contributed by atoms with Crippen LogP contribution in [0.15, 0.2) is 54.6 Å². The first-order valence-electron chi connectivity index (χ1n) is 9.54. The molecule has 1 aliphatic heterocycles. The lowest BCUT2D eigenvalue weighted by Crippen LogP contribution is -2.48.